The number of fused-ring (bicyclic) bond motifs is 1. The summed E-state index contributed by atoms with van der Waals surface area (Å²) in [6.45, 7) is 0.668. The first-order valence-electron chi connectivity index (χ1n) is 5.83. The minimum Gasteiger partial charge on any atom is -0.347 e. The number of rotatable bonds is 3. The van der Waals surface area contributed by atoms with Crippen molar-refractivity contribution < 1.29 is 4.79 Å². The number of carbonyl (C=O) groups excluding carboxylic acids is 1. The number of benzene rings is 1. The highest BCUT2D eigenvalue weighted by Crippen LogP contribution is 2.22. The van der Waals surface area contributed by atoms with E-state index in [1.54, 1.807) is 0 Å². The van der Waals surface area contributed by atoms with E-state index in [2.05, 4.69) is 36.1 Å². The van der Waals surface area contributed by atoms with Crippen LogP contribution < -0.4 is 5.32 Å². The van der Waals surface area contributed by atoms with Crippen molar-refractivity contribution in [2.24, 2.45) is 0 Å². The Morgan fingerprint density at radius 2 is 2.00 bits per heavy atom. The van der Waals surface area contributed by atoms with E-state index in [1.165, 1.54) is 42.4 Å². The quantitative estimate of drug-likeness (QED) is 0.775. The Kier molecular flexibility index (Phi) is 3.88. The molecule has 1 aromatic rings. The van der Waals surface area contributed by atoms with Crippen molar-refractivity contribution in [3.63, 3.8) is 0 Å². The number of thiol groups is 1. The van der Waals surface area contributed by atoms with Crippen LogP contribution in [0.3, 0.4) is 0 Å². The molecule has 2 rings (SSSR count). The standard InChI is InChI=1S/C13H17NOS/c15-13(16)14-8-7-10-5-6-11-3-1-2-4-12(11)9-10/h5-6,9H,1-4,7-8H2,(H2,14,15,16). The molecular weight excluding hydrogens is 218 g/mol. The second-order valence-electron chi connectivity index (χ2n) is 4.29. The number of aryl methyl sites for hydroxylation is 2. The zero-order valence-electron chi connectivity index (χ0n) is 9.33. The fourth-order valence-electron chi connectivity index (χ4n) is 2.26. The van der Waals surface area contributed by atoms with Gasteiger partial charge in [0.2, 0.25) is 0 Å². The highest BCUT2D eigenvalue weighted by Gasteiger charge is 2.09. The van der Waals surface area contributed by atoms with Gasteiger partial charge in [0.1, 0.15) is 0 Å². The van der Waals surface area contributed by atoms with E-state index >= 15 is 0 Å². The molecular formula is C13H17NOS. The maximum absolute atomic E-state index is 10.6. The van der Waals surface area contributed by atoms with Gasteiger partial charge in [-0.05, 0) is 48.8 Å². The van der Waals surface area contributed by atoms with Crippen LogP contribution in [0.2, 0.25) is 0 Å². The Labute approximate surface area is 102 Å². The van der Waals surface area contributed by atoms with Crippen LogP contribution in [0, 0.1) is 0 Å². The van der Waals surface area contributed by atoms with Gasteiger partial charge in [-0.15, -0.1) is 0 Å². The van der Waals surface area contributed by atoms with Gasteiger partial charge in [0.05, 0.1) is 0 Å². The third-order valence-electron chi connectivity index (χ3n) is 3.10. The van der Waals surface area contributed by atoms with Gasteiger partial charge in [-0.2, -0.15) is 0 Å². The lowest BCUT2D eigenvalue weighted by Gasteiger charge is -2.16. The molecule has 0 aromatic heterocycles. The van der Waals surface area contributed by atoms with Gasteiger partial charge in [-0.25, -0.2) is 0 Å². The molecule has 0 fully saturated rings. The van der Waals surface area contributed by atoms with Crippen molar-refractivity contribution in [3.8, 4) is 0 Å². The van der Waals surface area contributed by atoms with Gasteiger partial charge in [0.15, 0.2) is 0 Å². The predicted molar refractivity (Wildman–Crippen MR) is 69.2 cm³/mol. The average Bonchev–Trinajstić information content (AvgIpc) is 2.28. The first kappa shape index (κ1) is 11.5. The largest absolute Gasteiger partial charge is 0.347 e. The molecule has 0 heterocycles. The highest BCUT2D eigenvalue weighted by atomic mass is 32.1. The lowest BCUT2D eigenvalue weighted by atomic mass is 9.90. The van der Waals surface area contributed by atoms with Crippen LogP contribution in [-0.4, -0.2) is 11.8 Å². The van der Waals surface area contributed by atoms with Crippen LogP contribution in [0.5, 0.6) is 0 Å². The lowest BCUT2D eigenvalue weighted by molar-refractivity contribution is 0.261. The van der Waals surface area contributed by atoms with Crippen molar-refractivity contribution in [1.29, 1.82) is 0 Å². The molecule has 0 bridgehead atoms. The van der Waals surface area contributed by atoms with Crippen LogP contribution in [0.1, 0.15) is 29.5 Å². The van der Waals surface area contributed by atoms with Gasteiger partial charge in [-0.1, -0.05) is 30.8 Å². The van der Waals surface area contributed by atoms with Crippen molar-refractivity contribution in [2.75, 3.05) is 6.54 Å². The third-order valence-corrected chi connectivity index (χ3v) is 3.26. The number of hydrogen-bond donors (Lipinski definition) is 2. The molecule has 0 radical (unpaired) electrons. The Balaban J connectivity index is 1.97. The Bertz CT molecular complexity index is 390. The van der Waals surface area contributed by atoms with E-state index < -0.39 is 0 Å². The monoisotopic (exact) mass is 235 g/mol. The second-order valence-corrected chi connectivity index (χ2v) is 4.70. The Hall–Kier alpha value is -0.960. The normalized spacial score (nSPS) is 14.3. The molecule has 0 spiro atoms. The molecule has 86 valence electrons. The maximum atomic E-state index is 10.6. The molecule has 1 N–H and O–H groups in total. The molecule has 0 atom stereocenters. The average molecular weight is 235 g/mol. The van der Waals surface area contributed by atoms with Gasteiger partial charge in [-0.3, -0.25) is 4.79 Å². The van der Waals surface area contributed by atoms with Crippen LogP contribution in [0.15, 0.2) is 18.2 Å². The molecule has 16 heavy (non-hydrogen) atoms. The SMILES string of the molecule is O=C(S)NCCc1ccc2c(c1)CCCC2. The summed E-state index contributed by atoms with van der Waals surface area (Å²) in [6.07, 6.45) is 5.95. The van der Waals surface area contributed by atoms with Crippen molar-refractivity contribution in [3.05, 3.63) is 34.9 Å². The van der Waals surface area contributed by atoms with E-state index in [0.717, 1.165) is 6.42 Å². The zero-order valence-corrected chi connectivity index (χ0v) is 10.2. The van der Waals surface area contributed by atoms with Crippen LogP contribution in [0.4, 0.5) is 4.79 Å². The first-order chi connectivity index (χ1) is 7.75. The van der Waals surface area contributed by atoms with Gasteiger partial charge in [0, 0.05) is 6.54 Å². The van der Waals surface area contributed by atoms with Gasteiger partial charge >= 0.3 is 0 Å². The number of hydrogen-bond acceptors (Lipinski definition) is 1. The molecule has 2 nitrogen and oxygen atoms in total. The topological polar surface area (TPSA) is 29.1 Å². The molecule has 0 aliphatic heterocycles. The zero-order chi connectivity index (χ0) is 11.4. The molecule has 1 aliphatic carbocycles. The summed E-state index contributed by atoms with van der Waals surface area (Å²) in [5.74, 6) is 0. The summed E-state index contributed by atoms with van der Waals surface area (Å²) >= 11 is 3.67. The molecule has 0 saturated heterocycles. The number of nitrogens with one attached hydrogen (secondary N) is 1. The summed E-state index contributed by atoms with van der Waals surface area (Å²) in [5, 5.41) is 2.45. The maximum Gasteiger partial charge on any atom is 0.275 e. The first-order valence-corrected chi connectivity index (χ1v) is 6.28. The van der Waals surface area contributed by atoms with E-state index in [1.807, 2.05) is 0 Å². The van der Waals surface area contributed by atoms with Crippen molar-refractivity contribution in [1.82, 2.24) is 5.32 Å². The third kappa shape index (κ3) is 3.01. The number of amides is 1. The Morgan fingerprint density at radius 3 is 2.75 bits per heavy atom. The highest BCUT2D eigenvalue weighted by molar-refractivity contribution is 7.96. The molecule has 3 heteroatoms. The fraction of sp³-hybridized carbons (Fsp3) is 0.462. The summed E-state index contributed by atoms with van der Waals surface area (Å²) in [7, 11) is 0. The van der Waals surface area contributed by atoms with Gasteiger partial charge < -0.3 is 5.32 Å². The molecule has 1 aliphatic rings. The van der Waals surface area contributed by atoms with Crippen molar-refractivity contribution in [2.45, 2.75) is 32.1 Å². The van der Waals surface area contributed by atoms with Crippen molar-refractivity contribution >= 4 is 17.9 Å². The molecule has 1 aromatic carbocycles. The lowest BCUT2D eigenvalue weighted by Crippen LogP contribution is -2.19. The predicted octanol–water partition coefficient (Wildman–Crippen LogP) is 2.75. The summed E-state index contributed by atoms with van der Waals surface area (Å²) in [4.78, 5) is 10.6. The minimum absolute atomic E-state index is 0.252. The fourth-order valence-corrected chi connectivity index (χ4v) is 2.37. The molecule has 0 unspecified atom stereocenters. The summed E-state index contributed by atoms with van der Waals surface area (Å²) < 4.78 is 0. The van der Waals surface area contributed by atoms with Gasteiger partial charge in [0.25, 0.3) is 5.24 Å². The number of carbonyl (C=O) groups is 1. The van der Waals surface area contributed by atoms with Crippen LogP contribution in [0.25, 0.3) is 0 Å². The second kappa shape index (κ2) is 5.39. The molecule has 0 saturated carbocycles. The van der Waals surface area contributed by atoms with Crippen LogP contribution >= 0.6 is 12.6 Å². The summed E-state index contributed by atoms with van der Waals surface area (Å²) in [5.41, 5.74) is 4.32. The smallest absolute Gasteiger partial charge is 0.275 e. The van der Waals surface area contributed by atoms with Crippen LogP contribution in [-0.2, 0) is 19.3 Å². The Morgan fingerprint density at radius 1 is 1.25 bits per heavy atom. The van der Waals surface area contributed by atoms with E-state index in [0.29, 0.717) is 6.54 Å². The van der Waals surface area contributed by atoms with E-state index in [4.69, 9.17) is 0 Å². The minimum atomic E-state index is -0.252. The summed E-state index contributed by atoms with van der Waals surface area (Å²) in [6, 6.07) is 6.71. The van der Waals surface area contributed by atoms with E-state index in [9.17, 15) is 4.79 Å². The van der Waals surface area contributed by atoms with E-state index in [-0.39, 0.29) is 5.24 Å². The molecule has 1 amide bonds.